The molecule has 0 aliphatic heterocycles. The maximum Gasteiger partial charge on any atom is 0.421 e. The number of hydrogen-bond donors (Lipinski definition) is 0. The first-order chi connectivity index (χ1) is 11.2. The van der Waals surface area contributed by atoms with Gasteiger partial charge in [-0.1, -0.05) is 28.9 Å². The summed E-state index contributed by atoms with van der Waals surface area (Å²) in [5, 5.41) is 0. The molecule has 4 nitrogen and oxygen atoms in total. The Morgan fingerprint density at radius 3 is 2.62 bits per heavy atom. The van der Waals surface area contributed by atoms with Gasteiger partial charge in [0.05, 0.1) is 6.10 Å². The summed E-state index contributed by atoms with van der Waals surface area (Å²) in [6, 6.07) is 6.86. The van der Waals surface area contributed by atoms with E-state index in [4.69, 9.17) is 4.74 Å². The van der Waals surface area contributed by atoms with E-state index in [1.165, 1.54) is 11.9 Å². The lowest BCUT2D eigenvalue weighted by atomic mass is 10.2. The van der Waals surface area contributed by atoms with E-state index in [2.05, 4.69) is 25.9 Å². The molecule has 8 heteroatoms. The third kappa shape index (κ3) is 4.37. The quantitative estimate of drug-likeness (QED) is 0.687. The van der Waals surface area contributed by atoms with Crippen LogP contribution in [-0.2, 0) is 6.18 Å². The molecule has 0 saturated carbocycles. The third-order valence-electron chi connectivity index (χ3n) is 3.45. The second-order valence-corrected chi connectivity index (χ2v) is 6.18. The molecule has 24 heavy (non-hydrogen) atoms. The molecule has 1 aromatic carbocycles. The SMILES string of the molecule is CCC(C)Oc1ncc(C(F)(F)F)c(N(C)c2cccc(Br)c2)n1. The summed E-state index contributed by atoms with van der Waals surface area (Å²) in [6.07, 6.45) is -3.30. The van der Waals surface area contributed by atoms with E-state index < -0.39 is 11.7 Å². The molecular formula is C16H17BrF3N3O. The summed E-state index contributed by atoms with van der Waals surface area (Å²) in [6.45, 7) is 3.71. The van der Waals surface area contributed by atoms with Crippen LogP contribution in [0.2, 0.25) is 0 Å². The highest BCUT2D eigenvalue weighted by atomic mass is 79.9. The summed E-state index contributed by atoms with van der Waals surface area (Å²) in [7, 11) is 1.52. The van der Waals surface area contributed by atoms with Crippen molar-refractivity contribution in [1.82, 2.24) is 9.97 Å². The Kier molecular flexibility index (Phi) is 5.69. The number of ether oxygens (including phenoxy) is 1. The van der Waals surface area contributed by atoms with Crippen LogP contribution in [0.4, 0.5) is 24.7 Å². The van der Waals surface area contributed by atoms with Crippen LogP contribution in [0.1, 0.15) is 25.8 Å². The molecule has 0 aliphatic rings. The van der Waals surface area contributed by atoms with Crippen molar-refractivity contribution < 1.29 is 17.9 Å². The van der Waals surface area contributed by atoms with Gasteiger partial charge < -0.3 is 9.64 Å². The fraction of sp³-hybridized carbons (Fsp3) is 0.375. The van der Waals surface area contributed by atoms with Crippen molar-refractivity contribution in [1.29, 1.82) is 0 Å². The Morgan fingerprint density at radius 1 is 1.33 bits per heavy atom. The van der Waals surface area contributed by atoms with Gasteiger partial charge in [-0.15, -0.1) is 0 Å². The molecule has 0 radical (unpaired) electrons. The number of anilines is 2. The van der Waals surface area contributed by atoms with Crippen molar-refractivity contribution in [3.8, 4) is 6.01 Å². The van der Waals surface area contributed by atoms with Crippen LogP contribution in [0.25, 0.3) is 0 Å². The summed E-state index contributed by atoms with van der Waals surface area (Å²) in [4.78, 5) is 9.05. The fourth-order valence-electron chi connectivity index (χ4n) is 1.94. The third-order valence-corrected chi connectivity index (χ3v) is 3.94. The van der Waals surface area contributed by atoms with Gasteiger partial charge in [0.15, 0.2) is 5.82 Å². The van der Waals surface area contributed by atoms with Crippen molar-refractivity contribution in [2.24, 2.45) is 0 Å². The molecule has 0 aliphatic carbocycles. The maximum atomic E-state index is 13.3. The number of aromatic nitrogens is 2. The molecule has 0 fully saturated rings. The van der Waals surface area contributed by atoms with Gasteiger partial charge in [0.2, 0.25) is 0 Å². The smallest absolute Gasteiger partial charge is 0.421 e. The number of rotatable bonds is 5. The second kappa shape index (κ2) is 7.38. The molecule has 0 amide bonds. The predicted molar refractivity (Wildman–Crippen MR) is 89.6 cm³/mol. The van der Waals surface area contributed by atoms with E-state index in [1.807, 2.05) is 6.92 Å². The van der Waals surface area contributed by atoms with Crippen molar-refractivity contribution >= 4 is 27.4 Å². The van der Waals surface area contributed by atoms with E-state index in [0.29, 0.717) is 12.1 Å². The van der Waals surface area contributed by atoms with Gasteiger partial charge in [-0.25, -0.2) is 4.98 Å². The Morgan fingerprint density at radius 2 is 2.04 bits per heavy atom. The van der Waals surface area contributed by atoms with Crippen LogP contribution in [0.5, 0.6) is 6.01 Å². The number of alkyl halides is 3. The molecule has 1 aromatic heterocycles. The zero-order valence-electron chi connectivity index (χ0n) is 13.4. The Bertz CT molecular complexity index is 709. The first-order valence-electron chi connectivity index (χ1n) is 7.32. The number of hydrogen-bond acceptors (Lipinski definition) is 4. The van der Waals surface area contributed by atoms with Gasteiger partial charge in [0.1, 0.15) is 5.56 Å². The van der Waals surface area contributed by atoms with Crippen molar-refractivity contribution in [3.05, 3.63) is 40.5 Å². The molecule has 1 unspecified atom stereocenters. The molecule has 130 valence electrons. The minimum absolute atomic E-state index is 0.0748. The van der Waals surface area contributed by atoms with Crippen LogP contribution in [0, 0.1) is 0 Å². The van der Waals surface area contributed by atoms with E-state index >= 15 is 0 Å². The van der Waals surface area contributed by atoms with E-state index in [1.54, 1.807) is 31.2 Å². The molecule has 2 rings (SSSR count). The van der Waals surface area contributed by atoms with E-state index in [-0.39, 0.29) is 17.9 Å². The second-order valence-electron chi connectivity index (χ2n) is 5.26. The van der Waals surface area contributed by atoms with Crippen LogP contribution in [0.15, 0.2) is 34.9 Å². The summed E-state index contributed by atoms with van der Waals surface area (Å²) in [5.74, 6) is -0.256. The summed E-state index contributed by atoms with van der Waals surface area (Å²) < 4.78 is 46.1. The predicted octanol–water partition coefficient (Wildman–Crippen LogP) is 5.20. The van der Waals surface area contributed by atoms with Gasteiger partial charge >= 0.3 is 12.2 Å². The van der Waals surface area contributed by atoms with Crippen molar-refractivity contribution in [2.45, 2.75) is 32.5 Å². The highest BCUT2D eigenvalue weighted by Gasteiger charge is 2.36. The lowest BCUT2D eigenvalue weighted by Crippen LogP contribution is -2.20. The average Bonchev–Trinajstić information content (AvgIpc) is 2.53. The van der Waals surface area contributed by atoms with Gasteiger partial charge in [-0.2, -0.15) is 18.2 Å². The summed E-state index contributed by atoms with van der Waals surface area (Å²) in [5.41, 5.74) is -0.357. The van der Waals surface area contributed by atoms with Gasteiger partial charge in [0, 0.05) is 23.4 Å². The maximum absolute atomic E-state index is 13.3. The van der Waals surface area contributed by atoms with Crippen molar-refractivity contribution in [2.75, 3.05) is 11.9 Å². The fourth-order valence-corrected chi connectivity index (χ4v) is 2.33. The number of benzene rings is 1. The zero-order chi connectivity index (χ0) is 17.9. The molecule has 0 N–H and O–H groups in total. The molecule has 0 bridgehead atoms. The normalized spacial score (nSPS) is 12.8. The molecular weight excluding hydrogens is 387 g/mol. The Labute approximate surface area is 146 Å². The van der Waals surface area contributed by atoms with E-state index in [0.717, 1.165) is 10.7 Å². The first kappa shape index (κ1) is 18.5. The van der Waals surface area contributed by atoms with E-state index in [9.17, 15) is 13.2 Å². The Balaban J connectivity index is 2.49. The Hall–Kier alpha value is -1.83. The van der Waals surface area contributed by atoms with Crippen LogP contribution >= 0.6 is 15.9 Å². The molecule has 1 heterocycles. The zero-order valence-corrected chi connectivity index (χ0v) is 15.0. The minimum Gasteiger partial charge on any atom is -0.460 e. The molecule has 0 saturated heterocycles. The van der Waals surface area contributed by atoms with Gasteiger partial charge in [0.25, 0.3) is 0 Å². The highest BCUT2D eigenvalue weighted by Crippen LogP contribution is 2.38. The highest BCUT2D eigenvalue weighted by molar-refractivity contribution is 9.10. The molecule has 0 spiro atoms. The van der Waals surface area contributed by atoms with Gasteiger partial charge in [-0.3, -0.25) is 0 Å². The number of halogens is 4. The average molecular weight is 404 g/mol. The lowest BCUT2D eigenvalue weighted by molar-refractivity contribution is -0.137. The monoisotopic (exact) mass is 403 g/mol. The molecule has 2 aromatic rings. The molecule has 1 atom stereocenters. The summed E-state index contributed by atoms with van der Waals surface area (Å²) >= 11 is 3.31. The lowest BCUT2D eigenvalue weighted by Gasteiger charge is -2.23. The van der Waals surface area contributed by atoms with Crippen LogP contribution < -0.4 is 9.64 Å². The van der Waals surface area contributed by atoms with Crippen molar-refractivity contribution in [3.63, 3.8) is 0 Å². The van der Waals surface area contributed by atoms with Crippen LogP contribution in [-0.4, -0.2) is 23.1 Å². The number of nitrogens with zero attached hydrogens (tertiary/aromatic N) is 3. The topological polar surface area (TPSA) is 38.2 Å². The largest absolute Gasteiger partial charge is 0.460 e. The minimum atomic E-state index is -4.56. The standard InChI is InChI=1S/C16H17BrF3N3O/c1-4-10(2)24-15-21-9-13(16(18,19)20)14(22-15)23(3)12-7-5-6-11(17)8-12/h5-10H,4H2,1-3H3. The van der Waals surface area contributed by atoms with Crippen LogP contribution in [0.3, 0.4) is 0 Å². The first-order valence-corrected chi connectivity index (χ1v) is 8.11. The van der Waals surface area contributed by atoms with Gasteiger partial charge in [-0.05, 0) is 31.5 Å².